The van der Waals surface area contributed by atoms with Gasteiger partial charge in [-0.1, -0.05) is 12.1 Å². The van der Waals surface area contributed by atoms with Crippen LogP contribution in [0.4, 0.5) is 4.39 Å². The number of aryl methyl sites for hydroxylation is 1. The predicted molar refractivity (Wildman–Crippen MR) is 90.9 cm³/mol. The van der Waals surface area contributed by atoms with Gasteiger partial charge in [-0.15, -0.1) is 11.3 Å². The zero-order valence-electron chi connectivity index (χ0n) is 12.2. The zero-order valence-corrected chi connectivity index (χ0v) is 14.6. The van der Waals surface area contributed by atoms with Crippen molar-refractivity contribution in [1.29, 1.82) is 0 Å². The summed E-state index contributed by atoms with van der Waals surface area (Å²) < 4.78 is 15.9. The summed E-state index contributed by atoms with van der Waals surface area (Å²) in [5.41, 5.74) is 0.768. The molecule has 3 rings (SSSR count). The Morgan fingerprint density at radius 2 is 2.04 bits per heavy atom. The molecule has 0 spiro atoms. The molecule has 1 N–H and O–H groups in total. The van der Waals surface area contributed by atoms with E-state index in [1.54, 1.807) is 30.6 Å². The Balaban J connectivity index is 1.94. The molecule has 0 radical (unpaired) electrons. The Hall–Kier alpha value is -1.99. The number of hydrogen-bond acceptors (Lipinski definition) is 3. The van der Waals surface area contributed by atoms with Crippen LogP contribution in [0.15, 0.2) is 52.6 Å². The van der Waals surface area contributed by atoms with Gasteiger partial charge in [0, 0.05) is 19.4 Å². The van der Waals surface area contributed by atoms with Crippen LogP contribution in [-0.2, 0) is 7.05 Å². The average molecular weight is 394 g/mol. The summed E-state index contributed by atoms with van der Waals surface area (Å²) in [6, 6.07) is 9.18. The topological polar surface area (TPSA) is 46.9 Å². The van der Waals surface area contributed by atoms with Gasteiger partial charge < -0.3 is 9.88 Å². The van der Waals surface area contributed by atoms with Gasteiger partial charge in [0.1, 0.15) is 17.7 Å². The molecule has 3 aromatic rings. The molecule has 4 nitrogen and oxygen atoms in total. The van der Waals surface area contributed by atoms with Crippen LogP contribution in [0.25, 0.3) is 0 Å². The van der Waals surface area contributed by atoms with E-state index in [9.17, 15) is 9.18 Å². The van der Waals surface area contributed by atoms with Crippen molar-refractivity contribution in [2.45, 2.75) is 6.04 Å². The number of halogens is 2. The first kappa shape index (κ1) is 15.9. The molecule has 2 aromatic heterocycles. The van der Waals surface area contributed by atoms with Crippen molar-refractivity contribution in [3.8, 4) is 0 Å². The second kappa shape index (κ2) is 6.64. The summed E-state index contributed by atoms with van der Waals surface area (Å²) in [6.07, 6.45) is 3.47. The van der Waals surface area contributed by atoms with E-state index >= 15 is 0 Å². The maximum Gasteiger partial charge on any atom is 0.262 e. The molecule has 23 heavy (non-hydrogen) atoms. The van der Waals surface area contributed by atoms with Gasteiger partial charge in [-0.2, -0.15) is 0 Å². The summed E-state index contributed by atoms with van der Waals surface area (Å²) in [7, 11) is 1.85. The third-order valence-electron chi connectivity index (χ3n) is 3.39. The highest BCUT2D eigenvalue weighted by molar-refractivity contribution is 9.11. The maximum absolute atomic E-state index is 13.2. The second-order valence-corrected chi connectivity index (χ2v) is 7.42. The van der Waals surface area contributed by atoms with Crippen LogP contribution in [0.1, 0.15) is 27.1 Å². The van der Waals surface area contributed by atoms with E-state index in [2.05, 4.69) is 26.2 Å². The number of nitrogens with one attached hydrogen (secondary N) is 1. The number of rotatable bonds is 4. The van der Waals surface area contributed by atoms with Crippen molar-refractivity contribution in [1.82, 2.24) is 14.9 Å². The van der Waals surface area contributed by atoms with Crippen molar-refractivity contribution in [3.63, 3.8) is 0 Å². The molecule has 118 valence electrons. The summed E-state index contributed by atoms with van der Waals surface area (Å²) in [6.45, 7) is 0. The van der Waals surface area contributed by atoms with E-state index < -0.39 is 6.04 Å². The number of benzene rings is 1. The summed E-state index contributed by atoms with van der Waals surface area (Å²) in [4.78, 5) is 17.4. The van der Waals surface area contributed by atoms with Gasteiger partial charge in [0.15, 0.2) is 0 Å². The lowest BCUT2D eigenvalue weighted by Crippen LogP contribution is -2.30. The standard InChI is InChI=1S/C16H13BrFN3OS/c1-21-9-8-19-15(21)14(10-2-4-11(18)5-3-10)20-16(22)12-6-7-13(17)23-12/h2-9,14H,1H3,(H,20,22). The smallest absolute Gasteiger partial charge is 0.262 e. The van der Waals surface area contributed by atoms with E-state index in [-0.39, 0.29) is 11.7 Å². The molecule has 0 aliphatic rings. The molecule has 0 fully saturated rings. The van der Waals surface area contributed by atoms with Gasteiger partial charge in [0.2, 0.25) is 0 Å². The number of nitrogens with zero attached hydrogens (tertiary/aromatic N) is 2. The fourth-order valence-corrected chi connectivity index (χ4v) is 3.54. The summed E-state index contributed by atoms with van der Waals surface area (Å²) in [5.74, 6) is 0.166. The first-order valence-electron chi connectivity index (χ1n) is 6.83. The SMILES string of the molecule is Cn1ccnc1C(NC(=O)c1ccc(Br)s1)c1ccc(F)cc1. The van der Waals surface area contributed by atoms with Gasteiger partial charge in [-0.3, -0.25) is 4.79 Å². The van der Waals surface area contributed by atoms with E-state index in [1.165, 1.54) is 23.5 Å². The lowest BCUT2D eigenvalue weighted by molar-refractivity contribution is 0.0945. The molecule has 0 aliphatic carbocycles. The van der Waals surface area contributed by atoms with Crippen LogP contribution in [-0.4, -0.2) is 15.5 Å². The third-order valence-corrected chi connectivity index (χ3v) is 5.01. The fraction of sp³-hybridized carbons (Fsp3) is 0.125. The highest BCUT2D eigenvalue weighted by Crippen LogP contribution is 2.25. The maximum atomic E-state index is 13.2. The lowest BCUT2D eigenvalue weighted by Gasteiger charge is -2.18. The number of aromatic nitrogens is 2. The van der Waals surface area contributed by atoms with E-state index in [0.717, 1.165) is 9.35 Å². The number of hydrogen-bond donors (Lipinski definition) is 1. The molecule has 1 atom stereocenters. The van der Waals surface area contributed by atoms with Crippen LogP contribution in [0.5, 0.6) is 0 Å². The molecule has 0 aliphatic heterocycles. The van der Waals surface area contributed by atoms with Gasteiger partial charge in [-0.25, -0.2) is 9.37 Å². The predicted octanol–water partition coefficient (Wildman–Crippen LogP) is 3.90. The Bertz CT molecular complexity index is 828. The fourth-order valence-electron chi connectivity index (χ4n) is 2.25. The van der Waals surface area contributed by atoms with Crippen molar-refractivity contribution in [3.05, 3.63) is 74.7 Å². The van der Waals surface area contributed by atoms with Crippen LogP contribution in [0.2, 0.25) is 0 Å². The molecular formula is C16H13BrFN3OS. The summed E-state index contributed by atoms with van der Waals surface area (Å²) in [5, 5.41) is 2.97. The number of imidazole rings is 1. The Kier molecular flexibility index (Phi) is 4.58. The van der Waals surface area contributed by atoms with E-state index in [1.807, 2.05) is 17.7 Å². The monoisotopic (exact) mass is 393 g/mol. The van der Waals surface area contributed by atoms with Crippen molar-refractivity contribution >= 4 is 33.2 Å². The molecule has 1 aromatic carbocycles. The normalized spacial score (nSPS) is 12.1. The van der Waals surface area contributed by atoms with Crippen LogP contribution < -0.4 is 5.32 Å². The van der Waals surface area contributed by atoms with Crippen LogP contribution >= 0.6 is 27.3 Å². The minimum absolute atomic E-state index is 0.196. The van der Waals surface area contributed by atoms with E-state index in [4.69, 9.17) is 0 Å². The van der Waals surface area contributed by atoms with Gasteiger partial charge in [0.25, 0.3) is 5.91 Å². The number of thiophene rings is 1. The Morgan fingerprint density at radius 3 is 2.61 bits per heavy atom. The number of carbonyl (C=O) groups is 1. The summed E-state index contributed by atoms with van der Waals surface area (Å²) >= 11 is 4.70. The Labute approximate surface area is 145 Å². The average Bonchev–Trinajstić information content (AvgIpc) is 3.14. The van der Waals surface area contributed by atoms with Gasteiger partial charge >= 0.3 is 0 Å². The molecular weight excluding hydrogens is 381 g/mol. The second-order valence-electron chi connectivity index (χ2n) is 4.96. The highest BCUT2D eigenvalue weighted by Gasteiger charge is 2.22. The lowest BCUT2D eigenvalue weighted by atomic mass is 10.1. The minimum Gasteiger partial charge on any atom is -0.337 e. The zero-order chi connectivity index (χ0) is 16.4. The van der Waals surface area contributed by atoms with Crippen molar-refractivity contribution in [2.75, 3.05) is 0 Å². The molecule has 0 saturated carbocycles. The van der Waals surface area contributed by atoms with E-state index in [0.29, 0.717) is 10.7 Å². The highest BCUT2D eigenvalue weighted by atomic mass is 79.9. The first-order chi connectivity index (χ1) is 11.0. The van der Waals surface area contributed by atoms with Crippen molar-refractivity contribution in [2.24, 2.45) is 7.05 Å². The number of carbonyl (C=O) groups excluding carboxylic acids is 1. The van der Waals surface area contributed by atoms with Gasteiger partial charge in [-0.05, 0) is 45.8 Å². The van der Waals surface area contributed by atoms with Crippen LogP contribution in [0, 0.1) is 5.82 Å². The minimum atomic E-state index is -0.455. The molecule has 1 amide bonds. The number of amides is 1. The largest absolute Gasteiger partial charge is 0.337 e. The first-order valence-corrected chi connectivity index (χ1v) is 8.44. The van der Waals surface area contributed by atoms with Gasteiger partial charge in [0.05, 0.1) is 8.66 Å². The molecule has 2 heterocycles. The third kappa shape index (κ3) is 3.51. The quantitative estimate of drug-likeness (QED) is 0.730. The van der Waals surface area contributed by atoms with Crippen LogP contribution in [0.3, 0.4) is 0 Å². The molecule has 1 unspecified atom stereocenters. The Morgan fingerprint density at radius 1 is 1.30 bits per heavy atom. The van der Waals surface area contributed by atoms with Crippen molar-refractivity contribution < 1.29 is 9.18 Å². The molecule has 0 saturated heterocycles. The molecule has 0 bridgehead atoms. The molecule has 7 heteroatoms.